The molecule has 7 heteroatoms. The van der Waals surface area contributed by atoms with Crippen LogP contribution in [-0.2, 0) is 16.1 Å². The lowest BCUT2D eigenvalue weighted by molar-refractivity contribution is -0.133. The predicted octanol–water partition coefficient (Wildman–Crippen LogP) is -0.406. The number of carbonyl (C=O) groups excluding carboxylic acids is 2. The Morgan fingerprint density at radius 1 is 1.32 bits per heavy atom. The van der Waals surface area contributed by atoms with E-state index in [-0.39, 0.29) is 24.9 Å². The molecule has 2 rings (SSSR count). The van der Waals surface area contributed by atoms with E-state index in [0.29, 0.717) is 5.69 Å². The van der Waals surface area contributed by atoms with E-state index in [4.69, 9.17) is 5.73 Å². The molecule has 0 spiro atoms. The predicted molar refractivity (Wildman–Crippen MR) is 70.1 cm³/mol. The highest BCUT2D eigenvalue weighted by Gasteiger charge is 2.16. The largest absolute Gasteiger partial charge is 0.396 e. The molecule has 3 N–H and O–H groups in total. The summed E-state index contributed by atoms with van der Waals surface area (Å²) in [5.41, 5.74) is 6.01. The van der Waals surface area contributed by atoms with Gasteiger partial charge in [0.05, 0.1) is 18.4 Å². The van der Waals surface area contributed by atoms with Crippen LogP contribution < -0.4 is 11.1 Å². The first kappa shape index (κ1) is 13.4. The van der Waals surface area contributed by atoms with Crippen LogP contribution in [0, 0.1) is 0 Å². The van der Waals surface area contributed by atoms with E-state index in [9.17, 15) is 9.59 Å². The van der Waals surface area contributed by atoms with Crippen LogP contribution in [0.5, 0.6) is 0 Å². The molecule has 104 valence electrons. The second kappa shape index (κ2) is 6.21. The van der Waals surface area contributed by atoms with Gasteiger partial charge in [0, 0.05) is 19.3 Å². The van der Waals surface area contributed by atoms with E-state index in [2.05, 4.69) is 10.4 Å². The summed E-state index contributed by atoms with van der Waals surface area (Å²) >= 11 is 0. The molecule has 2 amide bonds. The van der Waals surface area contributed by atoms with Crippen LogP contribution in [0.4, 0.5) is 5.69 Å². The minimum Gasteiger partial charge on any atom is -0.396 e. The highest BCUT2D eigenvalue weighted by atomic mass is 16.2. The average molecular weight is 265 g/mol. The van der Waals surface area contributed by atoms with Gasteiger partial charge >= 0.3 is 0 Å². The third-order valence-corrected chi connectivity index (χ3v) is 3.10. The number of amides is 2. The number of likely N-dealkylation sites (tertiary alicyclic amines) is 1. The highest BCUT2D eigenvalue weighted by Crippen LogP contribution is 2.08. The van der Waals surface area contributed by atoms with E-state index in [1.165, 1.54) is 17.3 Å². The molecule has 0 saturated carbocycles. The van der Waals surface area contributed by atoms with Crippen molar-refractivity contribution in [3.05, 3.63) is 12.4 Å². The van der Waals surface area contributed by atoms with Crippen molar-refractivity contribution in [1.82, 2.24) is 20.0 Å². The molecule has 1 aliphatic heterocycles. The van der Waals surface area contributed by atoms with Crippen molar-refractivity contribution >= 4 is 17.5 Å². The molecule has 0 atom stereocenters. The number of anilines is 1. The molecule has 2 heterocycles. The van der Waals surface area contributed by atoms with Crippen molar-refractivity contribution in [1.29, 1.82) is 0 Å². The Morgan fingerprint density at radius 2 is 2.05 bits per heavy atom. The number of rotatable bonds is 4. The number of piperidine rings is 1. The summed E-state index contributed by atoms with van der Waals surface area (Å²) in [4.78, 5) is 25.3. The summed E-state index contributed by atoms with van der Waals surface area (Å²) in [6.07, 6.45) is 6.33. The number of aromatic nitrogens is 2. The fourth-order valence-electron chi connectivity index (χ4n) is 2.10. The maximum absolute atomic E-state index is 11.8. The second-order valence-electron chi connectivity index (χ2n) is 4.69. The molecule has 0 aromatic carbocycles. The van der Waals surface area contributed by atoms with Gasteiger partial charge in [-0.2, -0.15) is 5.10 Å². The molecule has 0 aliphatic carbocycles. The summed E-state index contributed by atoms with van der Waals surface area (Å²) < 4.78 is 1.44. The van der Waals surface area contributed by atoms with Gasteiger partial charge in [-0.15, -0.1) is 0 Å². The molecule has 1 aromatic heterocycles. The van der Waals surface area contributed by atoms with E-state index in [1.807, 2.05) is 0 Å². The average Bonchev–Trinajstić information content (AvgIpc) is 2.82. The Balaban J connectivity index is 1.72. The number of hydrogen-bond donors (Lipinski definition) is 2. The molecule has 0 radical (unpaired) electrons. The van der Waals surface area contributed by atoms with Gasteiger partial charge < -0.3 is 16.0 Å². The minimum atomic E-state index is -0.242. The van der Waals surface area contributed by atoms with Gasteiger partial charge in [-0.05, 0) is 19.3 Å². The molecule has 0 unspecified atom stereocenters. The summed E-state index contributed by atoms with van der Waals surface area (Å²) in [7, 11) is 0. The number of hydrogen-bond acceptors (Lipinski definition) is 4. The molecule has 7 nitrogen and oxygen atoms in total. The van der Waals surface area contributed by atoms with Crippen molar-refractivity contribution in [2.45, 2.75) is 25.8 Å². The highest BCUT2D eigenvalue weighted by molar-refractivity contribution is 5.84. The van der Waals surface area contributed by atoms with Crippen molar-refractivity contribution < 1.29 is 9.59 Å². The normalized spacial score (nSPS) is 15.3. The van der Waals surface area contributed by atoms with Crippen LogP contribution in [0.25, 0.3) is 0 Å². The van der Waals surface area contributed by atoms with Gasteiger partial charge in [0.25, 0.3) is 0 Å². The summed E-state index contributed by atoms with van der Waals surface area (Å²) in [6, 6.07) is 0. The van der Waals surface area contributed by atoms with Crippen LogP contribution in [0.2, 0.25) is 0 Å². The third kappa shape index (κ3) is 3.97. The number of nitrogens with one attached hydrogen (secondary N) is 1. The van der Waals surface area contributed by atoms with Crippen LogP contribution >= 0.6 is 0 Å². The fourth-order valence-corrected chi connectivity index (χ4v) is 2.10. The molecular formula is C12H19N5O2. The molecule has 1 fully saturated rings. The van der Waals surface area contributed by atoms with E-state index >= 15 is 0 Å². The zero-order valence-electron chi connectivity index (χ0n) is 10.8. The molecule has 19 heavy (non-hydrogen) atoms. The molecule has 1 aliphatic rings. The van der Waals surface area contributed by atoms with Gasteiger partial charge in [0.15, 0.2) is 0 Å². The lowest BCUT2D eigenvalue weighted by atomic mass is 10.1. The fraction of sp³-hybridized carbons (Fsp3) is 0.583. The third-order valence-electron chi connectivity index (χ3n) is 3.10. The quantitative estimate of drug-likeness (QED) is 0.774. The van der Waals surface area contributed by atoms with Gasteiger partial charge in [-0.3, -0.25) is 14.3 Å². The Kier molecular flexibility index (Phi) is 4.38. The van der Waals surface area contributed by atoms with Crippen LogP contribution in [0.15, 0.2) is 12.4 Å². The molecule has 1 saturated heterocycles. The van der Waals surface area contributed by atoms with Gasteiger partial charge in [0.1, 0.15) is 6.54 Å². The lowest BCUT2D eigenvalue weighted by Crippen LogP contribution is -2.43. The van der Waals surface area contributed by atoms with Gasteiger partial charge in [-0.1, -0.05) is 0 Å². The van der Waals surface area contributed by atoms with Gasteiger partial charge in [-0.25, -0.2) is 0 Å². The van der Waals surface area contributed by atoms with E-state index in [1.54, 1.807) is 11.1 Å². The van der Waals surface area contributed by atoms with Crippen LogP contribution in [-0.4, -0.2) is 46.1 Å². The first-order valence-corrected chi connectivity index (χ1v) is 6.47. The maximum Gasteiger partial charge on any atom is 0.242 e. The Hall–Kier alpha value is -2.05. The zero-order chi connectivity index (χ0) is 13.7. The summed E-state index contributed by atoms with van der Waals surface area (Å²) in [5, 5.41) is 6.51. The first-order valence-electron chi connectivity index (χ1n) is 6.47. The van der Waals surface area contributed by atoms with E-state index < -0.39 is 0 Å². The van der Waals surface area contributed by atoms with Crippen LogP contribution in [0.3, 0.4) is 0 Å². The smallest absolute Gasteiger partial charge is 0.242 e. The summed E-state index contributed by atoms with van der Waals surface area (Å²) in [6.45, 7) is 1.72. The zero-order valence-corrected chi connectivity index (χ0v) is 10.8. The van der Waals surface area contributed by atoms with Crippen molar-refractivity contribution in [3.63, 3.8) is 0 Å². The van der Waals surface area contributed by atoms with E-state index in [0.717, 1.165) is 25.9 Å². The van der Waals surface area contributed by atoms with Crippen molar-refractivity contribution in [2.75, 3.05) is 25.4 Å². The Labute approximate surface area is 111 Å². The standard InChI is InChI=1S/C12H19N5O2/c13-10-6-15-17(8-10)9-11(18)14-7-12(19)16-4-2-1-3-5-16/h6,8H,1-5,7,9,13H2,(H,14,18). The topological polar surface area (TPSA) is 93.2 Å². The molecule has 0 bridgehead atoms. The summed E-state index contributed by atoms with van der Waals surface area (Å²) in [5.74, 6) is -0.263. The molecular weight excluding hydrogens is 246 g/mol. The van der Waals surface area contributed by atoms with Crippen LogP contribution in [0.1, 0.15) is 19.3 Å². The monoisotopic (exact) mass is 265 g/mol. The SMILES string of the molecule is Nc1cnn(CC(=O)NCC(=O)N2CCCCC2)c1. The Morgan fingerprint density at radius 3 is 2.68 bits per heavy atom. The first-order chi connectivity index (χ1) is 9.15. The maximum atomic E-state index is 11.8. The number of carbonyl (C=O) groups is 2. The second-order valence-corrected chi connectivity index (χ2v) is 4.69. The van der Waals surface area contributed by atoms with Gasteiger partial charge in [0.2, 0.25) is 11.8 Å². The number of nitrogens with zero attached hydrogens (tertiary/aromatic N) is 3. The molecule has 1 aromatic rings. The number of nitrogens with two attached hydrogens (primary N) is 1. The van der Waals surface area contributed by atoms with Crippen molar-refractivity contribution in [3.8, 4) is 0 Å². The lowest BCUT2D eigenvalue weighted by Gasteiger charge is -2.26. The van der Waals surface area contributed by atoms with Crippen molar-refractivity contribution in [2.24, 2.45) is 0 Å². The number of nitrogen functional groups attached to an aromatic ring is 1. The Bertz CT molecular complexity index is 451. The minimum absolute atomic E-state index is 0.0203.